The van der Waals surface area contributed by atoms with E-state index in [1.54, 1.807) is 12.1 Å². The summed E-state index contributed by atoms with van der Waals surface area (Å²) >= 11 is 1.15. The lowest BCUT2D eigenvalue weighted by Crippen LogP contribution is -2.01. The van der Waals surface area contributed by atoms with Gasteiger partial charge in [-0.25, -0.2) is 4.79 Å². The average Bonchev–Trinajstić information content (AvgIpc) is 2.88. The number of ether oxygens (including phenoxy) is 2. The standard InChI is InChI=1S/C14H13NO4S/c1-4-5-15-9-7-10(18-2)13-8(12(9)19-3)6-11(20-13)14(16)17/h1,6-7,15H,5H2,2-3H3,(H,16,17). The van der Waals surface area contributed by atoms with Gasteiger partial charge < -0.3 is 19.9 Å². The zero-order valence-corrected chi connectivity index (χ0v) is 11.8. The van der Waals surface area contributed by atoms with Crippen molar-refractivity contribution in [2.45, 2.75) is 0 Å². The Kier molecular flexibility index (Phi) is 4.01. The predicted molar refractivity (Wildman–Crippen MR) is 79.2 cm³/mol. The third-order valence-corrected chi connectivity index (χ3v) is 3.87. The molecule has 0 aliphatic rings. The number of rotatable bonds is 5. The van der Waals surface area contributed by atoms with Crippen LogP contribution in [0.25, 0.3) is 10.1 Å². The first-order chi connectivity index (χ1) is 9.62. The third-order valence-electron chi connectivity index (χ3n) is 2.74. The number of benzene rings is 1. The molecule has 20 heavy (non-hydrogen) atoms. The van der Waals surface area contributed by atoms with Crippen LogP contribution in [0.2, 0.25) is 0 Å². The molecule has 2 N–H and O–H groups in total. The van der Waals surface area contributed by atoms with Crippen LogP contribution >= 0.6 is 11.3 Å². The highest BCUT2D eigenvalue weighted by molar-refractivity contribution is 7.21. The number of thiophene rings is 1. The van der Waals surface area contributed by atoms with Crippen LogP contribution in [0.3, 0.4) is 0 Å². The molecule has 2 aromatic rings. The van der Waals surface area contributed by atoms with E-state index in [1.807, 2.05) is 0 Å². The van der Waals surface area contributed by atoms with Crippen molar-refractivity contribution in [3.63, 3.8) is 0 Å². The van der Waals surface area contributed by atoms with E-state index in [2.05, 4.69) is 11.2 Å². The Morgan fingerprint density at radius 2 is 2.20 bits per heavy atom. The molecule has 0 amide bonds. The SMILES string of the molecule is C#CCNc1cc(OC)c2sc(C(=O)O)cc2c1OC. The summed E-state index contributed by atoms with van der Waals surface area (Å²) in [5, 5.41) is 12.8. The fourth-order valence-corrected chi connectivity index (χ4v) is 2.89. The van der Waals surface area contributed by atoms with Gasteiger partial charge in [-0.1, -0.05) is 5.92 Å². The zero-order valence-electron chi connectivity index (χ0n) is 11.0. The highest BCUT2D eigenvalue weighted by atomic mass is 32.1. The Hall–Kier alpha value is -2.39. The number of aromatic carboxylic acids is 1. The Labute approximate surface area is 120 Å². The van der Waals surface area contributed by atoms with Crippen molar-refractivity contribution < 1.29 is 19.4 Å². The number of anilines is 1. The third kappa shape index (κ3) is 2.36. The molecule has 1 heterocycles. The summed E-state index contributed by atoms with van der Waals surface area (Å²) in [4.78, 5) is 11.3. The summed E-state index contributed by atoms with van der Waals surface area (Å²) in [6.45, 7) is 0.334. The van der Waals surface area contributed by atoms with Crippen LogP contribution in [0.15, 0.2) is 12.1 Å². The fourth-order valence-electron chi connectivity index (χ4n) is 1.90. The Balaban J connectivity index is 2.70. The molecule has 1 aromatic carbocycles. The molecule has 0 atom stereocenters. The molecule has 0 bridgehead atoms. The van der Waals surface area contributed by atoms with Crippen LogP contribution < -0.4 is 14.8 Å². The molecule has 6 heteroatoms. The number of nitrogens with one attached hydrogen (secondary N) is 1. The van der Waals surface area contributed by atoms with E-state index < -0.39 is 5.97 Å². The number of carboxylic acids is 1. The summed E-state index contributed by atoms with van der Waals surface area (Å²) in [7, 11) is 3.06. The quantitative estimate of drug-likeness (QED) is 0.829. The van der Waals surface area contributed by atoms with Gasteiger partial charge in [-0.05, 0) is 6.07 Å². The van der Waals surface area contributed by atoms with Crippen molar-refractivity contribution in [1.82, 2.24) is 0 Å². The first-order valence-corrected chi connectivity index (χ1v) is 6.53. The second kappa shape index (κ2) is 5.72. The maximum atomic E-state index is 11.1. The molecule has 0 radical (unpaired) electrons. The van der Waals surface area contributed by atoms with Gasteiger partial charge in [0.25, 0.3) is 0 Å². The van der Waals surface area contributed by atoms with Crippen molar-refractivity contribution in [2.24, 2.45) is 0 Å². The largest absolute Gasteiger partial charge is 0.495 e. The molecule has 2 rings (SSSR count). The van der Waals surface area contributed by atoms with Crippen LogP contribution in [-0.2, 0) is 0 Å². The molecule has 0 saturated heterocycles. The number of hydrogen-bond acceptors (Lipinski definition) is 5. The van der Waals surface area contributed by atoms with E-state index in [9.17, 15) is 4.79 Å². The summed E-state index contributed by atoms with van der Waals surface area (Å²) in [6.07, 6.45) is 5.23. The first kappa shape index (κ1) is 14.0. The monoisotopic (exact) mass is 291 g/mol. The molecule has 0 spiro atoms. The Morgan fingerprint density at radius 1 is 1.45 bits per heavy atom. The first-order valence-electron chi connectivity index (χ1n) is 5.71. The van der Waals surface area contributed by atoms with E-state index in [-0.39, 0.29) is 4.88 Å². The second-order valence-corrected chi connectivity index (χ2v) is 4.93. The van der Waals surface area contributed by atoms with Gasteiger partial charge in [-0.2, -0.15) is 0 Å². The number of hydrogen-bond donors (Lipinski definition) is 2. The predicted octanol–water partition coefficient (Wildman–Crippen LogP) is 2.66. The van der Waals surface area contributed by atoms with Crippen molar-refractivity contribution in [2.75, 3.05) is 26.1 Å². The summed E-state index contributed by atoms with van der Waals surface area (Å²) < 4.78 is 11.4. The minimum atomic E-state index is -0.978. The van der Waals surface area contributed by atoms with E-state index in [1.165, 1.54) is 14.2 Å². The molecule has 1 aromatic heterocycles. The van der Waals surface area contributed by atoms with E-state index in [0.29, 0.717) is 29.1 Å². The molecule has 5 nitrogen and oxygen atoms in total. The van der Waals surface area contributed by atoms with Gasteiger partial charge >= 0.3 is 5.97 Å². The van der Waals surface area contributed by atoms with E-state index in [4.69, 9.17) is 21.0 Å². The summed E-state index contributed by atoms with van der Waals surface area (Å²) in [5.41, 5.74) is 0.671. The van der Waals surface area contributed by atoms with Crippen molar-refractivity contribution in [3.8, 4) is 23.8 Å². The van der Waals surface area contributed by atoms with Crippen molar-refractivity contribution in [3.05, 3.63) is 17.0 Å². The number of carboxylic acid groups (broad SMARTS) is 1. The Bertz CT molecular complexity index is 699. The molecule has 0 aliphatic heterocycles. The number of terminal acetylenes is 1. The molecular weight excluding hydrogens is 278 g/mol. The van der Waals surface area contributed by atoms with Gasteiger partial charge in [0.2, 0.25) is 0 Å². The highest BCUT2D eigenvalue weighted by Gasteiger charge is 2.18. The Morgan fingerprint density at radius 3 is 2.75 bits per heavy atom. The molecule has 104 valence electrons. The average molecular weight is 291 g/mol. The zero-order chi connectivity index (χ0) is 14.7. The molecular formula is C14H13NO4S. The van der Waals surface area contributed by atoms with Crippen LogP contribution in [0.4, 0.5) is 5.69 Å². The van der Waals surface area contributed by atoms with Crippen LogP contribution in [0.1, 0.15) is 9.67 Å². The maximum absolute atomic E-state index is 11.1. The van der Waals surface area contributed by atoms with Crippen molar-refractivity contribution >= 4 is 33.1 Å². The minimum Gasteiger partial charge on any atom is -0.495 e. The maximum Gasteiger partial charge on any atom is 0.345 e. The minimum absolute atomic E-state index is 0.227. The van der Waals surface area contributed by atoms with Gasteiger partial charge in [-0.15, -0.1) is 17.8 Å². The lowest BCUT2D eigenvalue weighted by Gasteiger charge is -2.13. The topological polar surface area (TPSA) is 67.8 Å². The van der Waals surface area contributed by atoms with Gasteiger partial charge in [0, 0.05) is 11.5 Å². The molecule has 0 saturated carbocycles. The van der Waals surface area contributed by atoms with Gasteiger partial charge in [-0.3, -0.25) is 0 Å². The molecule has 0 fully saturated rings. The second-order valence-electron chi connectivity index (χ2n) is 3.88. The van der Waals surface area contributed by atoms with Gasteiger partial charge in [0.15, 0.2) is 5.75 Å². The highest BCUT2D eigenvalue weighted by Crippen LogP contribution is 2.44. The molecule has 0 aliphatic carbocycles. The smallest absolute Gasteiger partial charge is 0.345 e. The lowest BCUT2D eigenvalue weighted by atomic mass is 10.2. The normalized spacial score (nSPS) is 10.1. The van der Waals surface area contributed by atoms with E-state index in [0.717, 1.165) is 16.0 Å². The number of methoxy groups -OCH3 is 2. The van der Waals surface area contributed by atoms with Crippen LogP contribution in [-0.4, -0.2) is 31.8 Å². The fraction of sp³-hybridized carbons (Fsp3) is 0.214. The van der Waals surface area contributed by atoms with Crippen molar-refractivity contribution in [1.29, 1.82) is 0 Å². The van der Waals surface area contributed by atoms with Gasteiger partial charge in [0.1, 0.15) is 10.6 Å². The van der Waals surface area contributed by atoms with Crippen LogP contribution in [0, 0.1) is 12.3 Å². The van der Waals surface area contributed by atoms with Crippen LogP contribution in [0.5, 0.6) is 11.5 Å². The van der Waals surface area contributed by atoms with E-state index >= 15 is 0 Å². The van der Waals surface area contributed by atoms with Gasteiger partial charge in [0.05, 0.1) is 31.2 Å². The summed E-state index contributed by atoms with van der Waals surface area (Å²) in [6, 6.07) is 3.32. The summed E-state index contributed by atoms with van der Waals surface area (Å²) in [5.74, 6) is 2.64. The number of fused-ring (bicyclic) bond motifs is 1. The number of carbonyl (C=O) groups is 1. The lowest BCUT2D eigenvalue weighted by molar-refractivity contribution is 0.0702. The molecule has 0 unspecified atom stereocenters.